The zero-order valence-electron chi connectivity index (χ0n) is 13.7. The van der Waals surface area contributed by atoms with Gasteiger partial charge >= 0.3 is 5.97 Å². The number of carboxylic acid groups (broad SMARTS) is 1. The Morgan fingerprint density at radius 2 is 2.05 bits per heavy atom. The number of aliphatic carboxylic acids is 1. The average molecular weight is 307 g/mol. The Kier molecular flexibility index (Phi) is 4.88. The maximum atomic E-state index is 12.6. The van der Waals surface area contributed by atoms with Gasteiger partial charge in [-0.2, -0.15) is 5.10 Å². The summed E-state index contributed by atoms with van der Waals surface area (Å²) in [4.78, 5) is 25.4. The zero-order valence-corrected chi connectivity index (χ0v) is 13.7. The van der Waals surface area contributed by atoms with E-state index in [1.54, 1.807) is 11.8 Å². The third kappa shape index (κ3) is 3.87. The Morgan fingerprint density at radius 3 is 2.50 bits per heavy atom. The summed E-state index contributed by atoms with van der Waals surface area (Å²) in [6.07, 6.45) is 2.31. The van der Waals surface area contributed by atoms with Crippen LogP contribution in [0.1, 0.15) is 50.5 Å². The summed E-state index contributed by atoms with van der Waals surface area (Å²) in [5, 5.41) is 13.5. The van der Waals surface area contributed by atoms with Crippen LogP contribution in [0, 0.1) is 19.8 Å². The second-order valence-electron chi connectivity index (χ2n) is 6.44. The van der Waals surface area contributed by atoms with Gasteiger partial charge in [0.25, 0.3) is 0 Å². The van der Waals surface area contributed by atoms with Crippen molar-refractivity contribution in [2.75, 3.05) is 6.54 Å². The van der Waals surface area contributed by atoms with Crippen molar-refractivity contribution < 1.29 is 14.7 Å². The van der Waals surface area contributed by atoms with Crippen LogP contribution < -0.4 is 0 Å². The van der Waals surface area contributed by atoms with Gasteiger partial charge in [-0.15, -0.1) is 0 Å². The molecular weight excluding hydrogens is 282 g/mol. The summed E-state index contributed by atoms with van der Waals surface area (Å²) in [5.41, 5.74) is 1.98. The first kappa shape index (κ1) is 16.5. The number of amides is 1. The average Bonchev–Trinajstić information content (AvgIpc) is 3.20. The molecule has 2 atom stereocenters. The number of nitrogens with zero attached hydrogens (tertiary/aromatic N) is 3. The van der Waals surface area contributed by atoms with E-state index < -0.39 is 11.9 Å². The molecule has 6 nitrogen and oxygen atoms in total. The van der Waals surface area contributed by atoms with Crippen LogP contribution in [-0.2, 0) is 9.59 Å². The van der Waals surface area contributed by atoms with Crippen molar-refractivity contribution in [2.24, 2.45) is 5.92 Å². The number of carbonyl (C=O) groups is 2. The van der Waals surface area contributed by atoms with E-state index in [4.69, 9.17) is 5.11 Å². The summed E-state index contributed by atoms with van der Waals surface area (Å²) in [5.74, 6) is -1.37. The summed E-state index contributed by atoms with van der Waals surface area (Å²) < 4.78 is 1.87. The van der Waals surface area contributed by atoms with Crippen LogP contribution in [0.15, 0.2) is 6.07 Å². The quantitative estimate of drug-likeness (QED) is 0.837. The SMILES string of the molecule is Cc1cc(C)n(C(C)CC(=O)N(CC(C)C(=O)O)C2CC2)n1. The van der Waals surface area contributed by atoms with Crippen LogP contribution in [0.4, 0.5) is 0 Å². The molecule has 0 radical (unpaired) electrons. The first-order valence-corrected chi connectivity index (χ1v) is 7.84. The lowest BCUT2D eigenvalue weighted by atomic mass is 10.1. The van der Waals surface area contributed by atoms with Gasteiger partial charge in [-0.3, -0.25) is 14.3 Å². The fourth-order valence-electron chi connectivity index (χ4n) is 2.76. The number of hydrogen-bond acceptors (Lipinski definition) is 3. The molecule has 1 amide bonds. The fourth-order valence-corrected chi connectivity index (χ4v) is 2.76. The number of carbonyl (C=O) groups excluding carboxylic acids is 1. The highest BCUT2D eigenvalue weighted by Gasteiger charge is 2.35. The summed E-state index contributed by atoms with van der Waals surface area (Å²) >= 11 is 0. The molecular formula is C16H25N3O3. The largest absolute Gasteiger partial charge is 0.481 e. The minimum absolute atomic E-state index is 0.0238. The molecule has 2 rings (SSSR count). The molecule has 0 saturated heterocycles. The maximum Gasteiger partial charge on any atom is 0.308 e. The molecule has 1 heterocycles. The van der Waals surface area contributed by atoms with Gasteiger partial charge in [-0.05, 0) is 39.7 Å². The van der Waals surface area contributed by atoms with E-state index in [9.17, 15) is 9.59 Å². The highest BCUT2D eigenvalue weighted by molar-refractivity contribution is 5.78. The third-order valence-corrected chi connectivity index (χ3v) is 4.13. The van der Waals surface area contributed by atoms with Crippen LogP contribution in [0.5, 0.6) is 0 Å². The van der Waals surface area contributed by atoms with E-state index in [0.29, 0.717) is 13.0 Å². The number of rotatable bonds is 7. The first-order chi connectivity index (χ1) is 10.3. The molecule has 1 fully saturated rings. The number of carboxylic acids is 1. The monoisotopic (exact) mass is 307 g/mol. The number of hydrogen-bond donors (Lipinski definition) is 1. The van der Waals surface area contributed by atoms with Crippen molar-refractivity contribution in [1.29, 1.82) is 0 Å². The van der Waals surface area contributed by atoms with E-state index >= 15 is 0 Å². The number of aromatic nitrogens is 2. The molecule has 1 aliphatic carbocycles. The highest BCUT2D eigenvalue weighted by Crippen LogP contribution is 2.29. The normalized spacial score (nSPS) is 17.1. The van der Waals surface area contributed by atoms with E-state index in [1.807, 2.05) is 31.5 Å². The smallest absolute Gasteiger partial charge is 0.308 e. The molecule has 1 saturated carbocycles. The second kappa shape index (κ2) is 6.50. The molecule has 2 unspecified atom stereocenters. The first-order valence-electron chi connectivity index (χ1n) is 7.84. The lowest BCUT2D eigenvalue weighted by Gasteiger charge is -2.26. The summed E-state index contributed by atoms with van der Waals surface area (Å²) in [7, 11) is 0. The number of aryl methyl sites for hydroxylation is 2. The van der Waals surface area contributed by atoms with Gasteiger partial charge in [0.15, 0.2) is 0 Å². The molecule has 1 aromatic heterocycles. The fraction of sp³-hybridized carbons (Fsp3) is 0.688. The van der Waals surface area contributed by atoms with Gasteiger partial charge in [-0.25, -0.2) is 0 Å². The Labute approximate surface area is 131 Å². The van der Waals surface area contributed by atoms with E-state index in [2.05, 4.69) is 5.10 Å². The standard InChI is InChI=1S/C16H25N3O3/c1-10(16(21)22)9-18(14-5-6-14)15(20)8-13(4)19-12(3)7-11(2)17-19/h7,10,13-14H,5-6,8-9H2,1-4H3,(H,21,22). The summed E-state index contributed by atoms with van der Waals surface area (Å²) in [6.45, 7) is 7.83. The van der Waals surface area contributed by atoms with Crippen molar-refractivity contribution in [3.05, 3.63) is 17.5 Å². The predicted molar refractivity (Wildman–Crippen MR) is 82.6 cm³/mol. The molecule has 1 aliphatic rings. The summed E-state index contributed by atoms with van der Waals surface area (Å²) in [6, 6.07) is 2.19. The van der Waals surface area contributed by atoms with E-state index in [-0.39, 0.29) is 18.0 Å². The molecule has 0 aromatic carbocycles. The Hall–Kier alpha value is -1.85. The van der Waals surface area contributed by atoms with Crippen molar-refractivity contribution >= 4 is 11.9 Å². The van der Waals surface area contributed by atoms with Crippen LogP contribution in [0.25, 0.3) is 0 Å². The second-order valence-corrected chi connectivity index (χ2v) is 6.44. The Balaban J connectivity index is 2.02. The minimum Gasteiger partial charge on any atom is -0.481 e. The van der Waals surface area contributed by atoms with Crippen LogP contribution >= 0.6 is 0 Å². The Morgan fingerprint density at radius 1 is 1.41 bits per heavy atom. The maximum absolute atomic E-state index is 12.6. The highest BCUT2D eigenvalue weighted by atomic mass is 16.4. The van der Waals surface area contributed by atoms with E-state index in [1.165, 1.54) is 0 Å². The zero-order chi connectivity index (χ0) is 16.4. The molecule has 0 bridgehead atoms. The molecule has 0 aliphatic heterocycles. The van der Waals surface area contributed by atoms with Gasteiger partial charge in [0.05, 0.1) is 17.7 Å². The van der Waals surface area contributed by atoms with Crippen LogP contribution in [0.2, 0.25) is 0 Å². The lowest BCUT2D eigenvalue weighted by molar-refractivity contribution is -0.143. The predicted octanol–water partition coefficient (Wildman–Crippen LogP) is 2.16. The van der Waals surface area contributed by atoms with Gasteiger partial charge in [0.2, 0.25) is 5.91 Å². The molecule has 6 heteroatoms. The van der Waals surface area contributed by atoms with Crippen molar-refractivity contribution in [3.63, 3.8) is 0 Å². The van der Waals surface area contributed by atoms with Gasteiger partial charge in [-0.1, -0.05) is 6.92 Å². The van der Waals surface area contributed by atoms with Crippen molar-refractivity contribution in [1.82, 2.24) is 14.7 Å². The van der Waals surface area contributed by atoms with E-state index in [0.717, 1.165) is 24.2 Å². The van der Waals surface area contributed by atoms with Crippen LogP contribution in [-0.4, -0.2) is 44.3 Å². The molecule has 1 aromatic rings. The lowest BCUT2D eigenvalue weighted by Crippen LogP contribution is -2.39. The minimum atomic E-state index is -0.856. The third-order valence-electron chi connectivity index (χ3n) is 4.13. The van der Waals surface area contributed by atoms with Gasteiger partial charge < -0.3 is 10.0 Å². The molecule has 22 heavy (non-hydrogen) atoms. The van der Waals surface area contributed by atoms with Crippen LogP contribution in [0.3, 0.4) is 0 Å². The van der Waals surface area contributed by atoms with Gasteiger partial charge in [0, 0.05) is 24.7 Å². The Bertz CT molecular complexity index is 563. The van der Waals surface area contributed by atoms with Crippen molar-refractivity contribution in [3.8, 4) is 0 Å². The van der Waals surface area contributed by atoms with Gasteiger partial charge in [0.1, 0.15) is 0 Å². The van der Waals surface area contributed by atoms with Crippen molar-refractivity contribution in [2.45, 2.75) is 59.0 Å². The molecule has 1 N–H and O–H groups in total. The molecule has 0 spiro atoms. The topological polar surface area (TPSA) is 75.4 Å². The molecule has 122 valence electrons.